The Morgan fingerprint density at radius 2 is 1.86 bits per heavy atom. The van der Waals surface area contributed by atoms with Gasteiger partial charge in [-0.2, -0.15) is 5.10 Å². The number of nitrogens with zero attached hydrogens (tertiary/aromatic N) is 3. The first-order valence-corrected chi connectivity index (χ1v) is 12.9. The number of hydrogen-bond acceptors (Lipinski definition) is 6. The van der Waals surface area contributed by atoms with Crippen LogP contribution in [0.25, 0.3) is 5.69 Å². The summed E-state index contributed by atoms with van der Waals surface area (Å²) in [7, 11) is 0. The Labute approximate surface area is 214 Å². The molecule has 8 heteroatoms. The second-order valence-corrected chi connectivity index (χ2v) is 10.6. The Morgan fingerprint density at radius 3 is 2.54 bits per heavy atom. The first-order valence-electron chi connectivity index (χ1n) is 12.9. The zero-order valence-corrected chi connectivity index (χ0v) is 20.7. The summed E-state index contributed by atoms with van der Waals surface area (Å²) in [6.45, 7) is 3.11. The van der Waals surface area contributed by atoms with Gasteiger partial charge in [0.2, 0.25) is 0 Å². The van der Waals surface area contributed by atoms with Crippen molar-refractivity contribution in [3.8, 4) is 11.4 Å². The number of hydrogen-bond donors (Lipinski definition) is 0. The molecule has 2 aromatic carbocycles. The minimum Gasteiger partial charge on any atom is -0.493 e. The van der Waals surface area contributed by atoms with Crippen molar-refractivity contribution in [1.29, 1.82) is 0 Å². The second kappa shape index (κ2) is 7.78. The van der Waals surface area contributed by atoms with Gasteiger partial charge in [0, 0.05) is 29.6 Å². The molecule has 2 fully saturated rings. The van der Waals surface area contributed by atoms with Gasteiger partial charge in [0.25, 0.3) is 5.91 Å². The molecule has 0 saturated heterocycles. The van der Waals surface area contributed by atoms with E-state index in [1.54, 1.807) is 16.5 Å². The average Bonchev–Trinajstić information content (AvgIpc) is 3.79. The predicted octanol–water partition coefficient (Wildman–Crippen LogP) is 3.91. The number of esters is 1. The number of rotatable bonds is 6. The molecule has 0 unspecified atom stereocenters. The van der Waals surface area contributed by atoms with E-state index in [4.69, 9.17) is 14.6 Å². The molecule has 1 amide bonds. The summed E-state index contributed by atoms with van der Waals surface area (Å²) >= 11 is 0. The van der Waals surface area contributed by atoms with Crippen molar-refractivity contribution in [2.45, 2.75) is 49.9 Å². The van der Waals surface area contributed by atoms with Crippen molar-refractivity contribution in [1.82, 2.24) is 9.78 Å². The molecule has 37 heavy (non-hydrogen) atoms. The van der Waals surface area contributed by atoms with Crippen LogP contribution in [0.4, 0.5) is 5.69 Å². The smallest absolute Gasteiger partial charge is 0.359 e. The monoisotopic (exact) mass is 497 g/mol. The van der Waals surface area contributed by atoms with E-state index in [1.807, 2.05) is 42.5 Å². The maximum Gasteiger partial charge on any atom is 0.359 e. The zero-order chi connectivity index (χ0) is 25.4. The quantitative estimate of drug-likeness (QED) is 0.379. The summed E-state index contributed by atoms with van der Waals surface area (Å²) in [6, 6.07) is 13.5. The highest BCUT2D eigenvalue weighted by Crippen LogP contribution is 2.55. The SMILES string of the molecule is CCOC(=O)c1nn(-c2ccc3c(c2)CCO3)c2c1C1(CC1)CN(c1ccc(C3(C=O)CC3)cc1)C2=O. The summed E-state index contributed by atoms with van der Waals surface area (Å²) in [5.74, 6) is 0.143. The molecule has 7 rings (SSSR count). The molecule has 188 valence electrons. The van der Waals surface area contributed by atoms with Crippen molar-refractivity contribution < 1.29 is 23.9 Å². The van der Waals surface area contributed by atoms with Gasteiger partial charge in [-0.25, -0.2) is 9.48 Å². The number of ether oxygens (including phenoxy) is 2. The highest BCUT2D eigenvalue weighted by molar-refractivity contribution is 6.10. The van der Waals surface area contributed by atoms with Crippen LogP contribution in [0.15, 0.2) is 42.5 Å². The fourth-order valence-corrected chi connectivity index (χ4v) is 5.88. The summed E-state index contributed by atoms with van der Waals surface area (Å²) < 4.78 is 12.6. The van der Waals surface area contributed by atoms with Gasteiger partial charge < -0.3 is 19.2 Å². The number of anilines is 1. The Hall–Kier alpha value is -3.94. The molecule has 1 spiro atoms. The lowest BCUT2D eigenvalue weighted by atomic mass is 9.88. The Morgan fingerprint density at radius 1 is 1.11 bits per heavy atom. The summed E-state index contributed by atoms with van der Waals surface area (Å²) in [5.41, 5.74) is 4.21. The van der Waals surface area contributed by atoms with Crippen molar-refractivity contribution in [3.05, 3.63) is 70.5 Å². The van der Waals surface area contributed by atoms with E-state index in [1.165, 1.54) is 0 Å². The number of carbonyl (C=O) groups excluding carboxylic acids is 3. The van der Waals surface area contributed by atoms with E-state index < -0.39 is 5.97 Å². The maximum absolute atomic E-state index is 14.1. The molecule has 2 aliphatic heterocycles. The predicted molar refractivity (Wildman–Crippen MR) is 135 cm³/mol. The third-order valence-corrected chi connectivity index (χ3v) is 8.33. The first-order chi connectivity index (χ1) is 18.0. The van der Waals surface area contributed by atoms with Crippen molar-refractivity contribution in [2.24, 2.45) is 0 Å². The number of benzene rings is 2. The van der Waals surface area contributed by atoms with Crippen LogP contribution >= 0.6 is 0 Å². The van der Waals surface area contributed by atoms with Gasteiger partial charge in [-0.15, -0.1) is 0 Å². The van der Waals surface area contributed by atoms with Crippen LogP contribution < -0.4 is 9.64 Å². The molecule has 0 atom stereocenters. The summed E-state index contributed by atoms with van der Waals surface area (Å²) in [5, 5.41) is 4.70. The molecule has 0 N–H and O–H groups in total. The standard InChI is InChI=1S/C29H27N3O5/c1-2-36-27(35)24-23-25(32(30-24)21-7-8-22-18(15-21)9-14-37-22)26(34)31(16-28(23)10-11-28)20-5-3-19(4-6-20)29(17-33)12-13-29/h3-8,15,17H,2,9-14,16H2,1H3. The normalized spacial score (nSPS) is 19.7. The van der Waals surface area contributed by atoms with Crippen LogP contribution in [0.1, 0.15) is 70.3 Å². The van der Waals surface area contributed by atoms with Crippen LogP contribution in [0.3, 0.4) is 0 Å². The maximum atomic E-state index is 14.1. The summed E-state index contributed by atoms with van der Waals surface area (Å²) in [4.78, 5) is 40.5. The third kappa shape index (κ3) is 3.27. The van der Waals surface area contributed by atoms with Crippen LogP contribution in [0, 0.1) is 0 Å². The van der Waals surface area contributed by atoms with Gasteiger partial charge in [-0.3, -0.25) is 4.79 Å². The van der Waals surface area contributed by atoms with E-state index >= 15 is 0 Å². The molecule has 4 aliphatic rings. The summed E-state index contributed by atoms with van der Waals surface area (Å²) in [6.07, 6.45) is 5.30. The molecular weight excluding hydrogens is 470 g/mol. The molecule has 8 nitrogen and oxygen atoms in total. The van der Waals surface area contributed by atoms with E-state index in [9.17, 15) is 14.4 Å². The van der Waals surface area contributed by atoms with Gasteiger partial charge in [-0.1, -0.05) is 12.1 Å². The lowest BCUT2D eigenvalue weighted by Crippen LogP contribution is -2.44. The Bertz CT molecular complexity index is 1460. The molecule has 1 aromatic heterocycles. The molecule has 0 bridgehead atoms. The number of amides is 1. The average molecular weight is 498 g/mol. The van der Waals surface area contributed by atoms with Gasteiger partial charge in [0.05, 0.1) is 24.3 Å². The minimum atomic E-state index is -0.498. The van der Waals surface area contributed by atoms with Crippen LogP contribution in [0.2, 0.25) is 0 Å². The van der Waals surface area contributed by atoms with Crippen LogP contribution in [-0.2, 0) is 26.8 Å². The largest absolute Gasteiger partial charge is 0.493 e. The van der Waals surface area contributed by atoms with E-state index in [-0.39, 0.29) is 29.0 Å². The number of aromatic nitrogens is 2. The fourth-order valence-electron chi connectivity index (χ4n) is 5.88. The lowest BCUT2D eigenvalue weighted by Gasteiger charge is -2.33. The van der Waals surface area contributed by atoms with Crippen molar-refractivity contribution in [3.63, 3.8) is 0 Å². The molecule has 2 saturated carbocycles. The number of carbonyl (C=O) groups is 3. The number of aldehydes is 1. The number of fused-ring (bicyclic) bond motifs is 3. The van der Waals surface area contributed by atoms with Gasteiger partial charge in [-0.05, 0) is 74.1 Å². The van der Waals surface area contributed by atoms with Crippen LogP contribution in [-0.4, -0.2) is 47.7 Å². The van der Waals surface area contributed by atoms with Gasteiger partial charge in [0.15, 0.2) is 5.69 Å². The van der Waals surface area contributed by atoms with Crippen LogP contribution in [0.5, 0.6) is 5.75 Å². The zero-order valence-electron chi connectivity index (χ0n) is 20.7. The molecule has 0 radical (unpaired) electrons. The Kier molecular flexibility index (Phi) is 4.68. The van der Waals surface area contributed by atoms with E-state index in [0.29, 0.717) is 24.4 Å². The van der Waals surface area contributed by atoms with Crippen molar-refractivity contribution in [2.75, 3.05) is 24.7 Å². The molecule has 3 heterocycles. The molecular formula is C29H27N3O5. The third-order valence-electron chi connectivity index (χ3n) is 8.33. The van der Waals surface area contributed by atoms with Gasteiger partial charge in [0.1, 0.15) is 17.7 Å². The van der Waals surface area contributed by atoms with Crippen molar-refractivity contribution >= 4 is 23.9 Å². The first kappa shape index (κ1) is 22.3. The van der Waals surface area contributed by atoms with E-state index in [2.05, 4.69) is 0 Å². The topological polar surface area (TPSA) is 90.7 Å². The highest BCUT2D eigenvalue weighted by Gasteiger charge is 2.56. The molecule has 3 aromatic rings. The lowest BCUT2D eigenvalue weighted by molar-refractivity contribution is -0.109. The Balaban J connectivity index is 1.35. The van der Waals surface area contributed by atoms with E-state index in [0.717, 1.165) is 66.6 Å². The fraction of sp³-hybridized carbons (Fsp3) is 0.379. The minimum absolute atomic E-state index is 0.198. The highest BCUT2D eigenvalue weighted by atomic mass is 16.5. The van der Waals surface area contributed by atoms with Gasteiger partial charge >= 0.3 is 5.97 Å². The molecule has 2 aliphatic carbocycles. The second-order valence-electron chi connectivity index (χ2n) is 10.6.